The van der Waals surface area contributed by atoms with Crippen molar-refractivity contribution in [2.24, 2.45) is 5.84 Å². The number of sulfone groups is 1. The molecular weight excluding hydrogens is 236 g/mol. The van der Waals surface area contributed by atoms with Crippen molar-refractivity contribution in [2.75, 3.05) is 17.8 Å². The van der Waals surface area contributed by atoms with E-state index in [1.165, 1.54) is 11.3 Å². The first kappa shape index (κ1) is 10.7. The first-order valence-electron chi connectivity index (χ1n) is 4.40. The molecule has 1 aromatic rings. The van der Waals surface area contributed by atoms with Crippen LogP contribution in [0.2, 0.25) is 5.02 Å². The second kappa shape index (κ2) is 3.37. The lowest BCUT2D eigenvalue weighted by molar-refractivity contribution is 0.589. The van der Waals surface area contributed by atoms with Crippen molar-refractivity contribution in [2.45, 2.75) is 5.25 Å². The highest BCUT2D eigenvalue weighted by atomic mass is 35.5. The van der Waals surface area contributed by atoms with Gasteiger partial charge in [-0.2, -0.15) is 0 Å². The summed E-state index contributed by atoms with van der Waals surface area (Å²) in [7, 11) is -3.13. The number of benzene rings is 1. The maximum Gasteiger partial charge on any atom is 0.156 e. The number of hydrogen-bond acceptors (Lipinski definition) is 4. The van der Waals surface area contributed by atoms with Crippen LogP contribution in [-0.2, 0) is 9.84 Å². The molecule has 1 unspecified atom stereocenters. The number of anilines is 1. The molecular formula is C9H11ClN2O2S. The van der Waals surface area contributed by atoms with Crippen molar-refractivity contribution in [3.05, 3.63) is 28.8 Å². The van der Waals surface area contributed by atoms with Crippen LogP contribution in [0, 0.1) is 0 Å². The monoisotopic (exact) mass is 246 g/mol. The maximum atomic E-state index is 11.5. The molecule has 82 valence electrons. The lowest BCUT2D eigenvalue weighted by Crippen LogP contribution is -2.30. The van der Waals surface area contributed by atoms with Gasteiger partial charge in [-0.1, -0.05) is 17.7 Å². The van der Waals surface area contributed by atoms with E-state index in [0.717, 1.165) is 5.56 Å². The lowest BCUT2D eigenvalue weighted by atomic mass is 10.2. The van der Waals surface area contributed by atoms with E-state index in [9.17, 15) is 8.42 Å². The molecule has 0 fully saturated rings. The van der Waals surface area contributed by atoms with E-state index in [-0.39, 0.29) is 6.54 Å². The fourth-order valence-corrected chi connectivity index (χ4v) is 3.04. The van der Waals surface area contributed by atoms with Crippen LogP contribution < -0.4 is 10.9 Å². The van der Waals surface area contributed by atoms with E-state index in [4.69, 9.17) is 17.4 Å². The van der Waals surface area contributed by atoms with Gasteiger partial charge in [0.25, 0.3) is 0 Å². The molecule has 0 saturated heterocycles. The zero-order valence-electron chi connectivity index (χ0n) is 8.14. The maximum absolute atomic E-state index is 11.5. The Balaban J connectivity index is 2.57. The third-order valence-corrected chi connectivity index (χ3v) is 4.20. The fraction of sp³-hybridized carbons (Fsp3) is 0.333. The summed E-state index contributed by atoms with van der Waals surface area (Å²) in [6, 6.07) is 5.08. The minimum absolute atomic E-state index is 0.286. The van der Waals surface area contributed by atoms with E-state index in [1.54, 1.807) is 18.2 Å². The van der Waals surface area contributed by atoms with Gasteiger partial charge in [-0.3, -0.25) is 0 Å². The fourth-order valence-electron chi connectivity index (χ4n) is 1.78. The van der Waals surface area contributed by atoms with E-state index >= 15 is 0 Å². The highest BCUT2D eigenvalue weighted by Crippen LogP contribution is 2.38. The first-order valence-corrected chi connectivity index (χ1v) is 6.73. The Bertz CT molecular complexity index is 501. The van der Waals surface area contributed by atoms with Crippen LogP contribution in [0.5, 0.6) is 0 Å². The smallest absolute Gasteiger partial charge is 0.156 e. The lowest BCUT2D eigenvalue weighted by Gasteiger charge is -2.11. The van der Waals surface area contributed by atoms with Crippen LogP contribution in [0.3, 0.4) is 0 Å². The van der Waals surface area contributed by atoms with Crippen molar-refractivity contribution in [3.63, 3.8) is 0 Å². The summed E-state index contributed by atoms with van der Waals surface area (Å²) in [4.78, 5) is 0. The largest absolute Gasteiger partial charge is 0.309 e. The first-order chi connectivity index (χ1) is 6.89. The van der Waals surface area contributed by atoms with Gasteiger partial charge in [-0.05, 0) is 17.7 Å². The zero-order valence-corrected chi connectivity index (χ0v) is 9.72. The molecule has 15 heavy (non-hydrogen) atoms. The van der Waals surface area contributed by atoms with Gasteiger partial charge in [-0.25, -0.2) is 14.3 Å². The summed E-state index contributed by atoms with van der Waals surface area (Å²) in [5, 5.41) is 1.43. The molecule has 0 amide bonds. The minimum atomic E-state index is -3.13. The van der Waals surface area contributed by atoms with Gasteiger partial charge in [0.1, 0.15) is 5.25 Å². The Kier molecular flexibility index (Phi) is 2.41. The molecule has 0 saturated carbocycles. The van der Waals surface area contributed by atoms with Crippen LogP contribution >= 0.6 is 11.6 Å². The minimum Gasteiger partial charge on any atom is -0.309 e. The van der Waals surface area contributed by atoms with Crippen molar-refractivity contribution in [1.82, 2.24) is 0 Å². The Labute approximate surface area is 93.5 Å². The summed E-state index contributed by atoms with van der Waals surface area (Å²) < 4.78 is 23.0. The summed E-state index contributed by atoms with van der Waals surface area (Å²) in [5.74, 6) is 5.71. The molecule has 1 aromatic carbocycles. The average molecular weight is 247 g/mol. The SMILES string of the molecule is CS(=O)(=O)C1CN(N)c2cc(Cl)ccc21. The molecule has 1 atom stereocenters. The molecule has 4 nitrogen and oxygen atoms in total. The van der Waals surface area contributed by atoms with E-state index in [0.29, 0.717) is 10.7 Å². The molecule has 1 aliphatic heterocycles. The van der Waals surface area contributed by atoms with Crippen molar-refractivity contribution in [1.29, 1.82) is 0 Å². The van der Waals surface area contributed by atoms with E-state index < -0.39 is 15.1 Å². The molecule has 0 radical (unpaired) electrons. The second-order valence-electron chi connectivity index (χ2n) is 3.67. The predicted octanol–water partition coefficient (Wildman–Crippen LogP) is 1.12. The van der Waals surface area contributed by atoms with Crippen LogP contribution in [-0.4, -0.2) is 21.2 Å². The van der Waals surface area contributed by atoms with E-state index in [2.05, 4.69) is 0 Å². The predicted molar refractivity (Wildman–Crippen MR) is 60.6 cm³/mol. The van der Waals surface area contributed by atoms with Crippen LogP contribution in [0.25, 0.3) is 0 Å². The van der Waals surface area contributed by atoms with Gasteiger partial charge in [0, 0.05) is 11.3 Å². The summed E-state index contributed by atoms with van der Waals surface area (Å²) >= 11 is 5.82. The average Bonchev–Trinajstić information content (AvgIpc) is 2.43. The van der Waals surface area contributed by atoms with Gasteiger partial charge in [0.2, 0.25) is 0 Å². The van der Waals surface area contributed by atoms with Crippen molar-refractivity contribution < 1.29 is 8.42 Å². The van der Waals surface area contributed by atoms with Gasteiger partial charge < -0.3 is 5.01 Å². The Morgan fingerprint density at radius 2 is 2.20 bits per heavy atom. The van der Waals surface area contributed by atoms with Gasteiger partial charge in [0.15, 0.2) is 9.84 Å². The highest BCUT2D eigenvalue weighted by molar-refractivity contribution is 7.91. The molecule has 2 rings (SSSR count). The molecule has 0 aliphatic carbocycles. The van der Waals surface area contributed by atoms with E-state index in [1.807, 2.05) is 0 Å². The number of hydrogen-bond donors (Lipinski definition) is 1. The molecule has 2 N–H and O–H groups in total. The standard InChI is InChI=1S/C9H11ClN2O2S/c1-15(13,14)9-5-12(11)8-4-6(10)2-3-7(8)9/h2-4,9H,5,11H2,1H3. The summed E-state index contributed by atoms with van der Waals surface area (Å²) in [6.07, 6.45) is 1.22. The van der Waals surface area contributed by atoms with Crippen LogP contribution in [0.4, 0.5) is 5.69 Å². The zero-order chi connectivity index (χ0) is 11.2. The molecule has 0 bridgehead atoms. The summed E-state index contributed by atoms with van der Waals surface area (Å²) in [6.45, 7) is 0.286. The third-order valence-electron chi connectivity index (χ3n) is 2.53. The van der Waals surface area contributed by atoms with Crippen LogP contribution in [0.15, 0.2) is 18.2 Å². The number of nitrogens with two attached hydrogens (primary N) is 1. The van der Waals surface area contributed by atoms with Crippen molar-refractivity contribution >= 4 is 27.1 Å². The van der Waals surface area contributed by atoms with Gasteiger partial charge in [0.05, 0.1) is 12.2 Å². The number of halogens is 1. The third kappa shape index (κ3) is 1.82. The molecule has 6 heteroatoms. The quantitative estimate of drug-likeness (QED) is 0.755. The number of nitrogens with zero attached hydrogens (tertiary/aromatic N) is 1. The summed E-state index contributed by atoms with van der Waals surface area (Å²) in [5.41, 5.74) is 1.42. The highest BCUT2D eigenvalue weighted by Gasteiger charge is 2.34. The Hall–Kier alpha value is -0.780. The molecule has 0 aromatic heterocycles. The molecule has 1 aliphatic rings. The van der Waals surface area contributed by atoms with Crippen molar-refractivity contribution in [3.8, 4) is 0 Å². The molecule has 0 spiro atoms. The number of fused-ring (bicyclic) bond motifs is 1. The number of hydrazine groups is 1. The topological polar surface area (TPSA) is 63.4 Å². The Morgan fingerprint density at radius 3 is 2.80 bits per heavy atom. The Morgan fingerprint density at radius 1 is 1.53 bits per heavy atom. The second-order valence-corrected chi connectivity index (χ2v) is 6.34. The van der Waals surface area contributed by atoms with Crippen LogP contribution in [0.1, 0.15) is 10.8 Å². The molecule has 1 heterocycles. The normalized spacial score (nSPS) is 20.5. The van der Waals surface area contributed by atoms with Gasteiger partial charge >= 0.3 is 0 Å². The number of rotatable bonds is 1. The van der Waals surface area contributed by atoms with Gasteiger partial charge in [-0.15, -0.1) is 0 Å².